The molecule has 0 aliphatic rings. The third-order valence-electron chi connectivity index (χ3n) is 1.23. The Morgan fingerprint density at radius 2 is 1.75 bits per heavy atom. The minimum atomic E-state index is -0.713. The minimum Gasteiger partial charge on any atom is -0.356 e. The molecule has 0 rings (SSSR count). The molecule has 3 nitrogen and oxygen atoms in total. The molecule has 0 saturated heterocycles. The van der Waals surface area contributed by atoms with Crippen LogP contribution in [0, 0.1) is 0 Å². The van der Waals surface area contributed by atoms with Gasteiger partial charge in [-0.05, 0) is 6.92 Å². The maximum atomic E-state index is 5.42. The van der Waals surface area contributed by atoms with Gasteiger partial charge in [-0.1, -0.05) is 0 Å². The molecule has 0 aliphatic heterocycles. The van der Waals surface area contributed by atoms with Gasteiger partial charge in [0.1, 0.15) is 0 Å². The zero-order valence-corrected chi connectivity index (χ0v) is 7.02. The van der Waals surface area contributed by atoms with Crippen LogP contribution < -0.4 is 5.40 Å². The topological polar surface area (TPSA) is 44.5 Å². The smallest absolute Gasteiger partial charge is 0.160 e. The number of nitrogens with two attached hydrogens (primary N) is 1. The molecular formula is C4H13NO2Si. The Balaban J connectivity index is 3.58. The van der Waals surface area contributed by atoms with E-state index in [2.05, 4.69) is 0 Å². The molecule has 0 radical (unpaired) electrons. The zero-order chi connectivity index (χ0) is 6.62. The van der Waals surface area contributed by atoms with Crippen molar-refractivity contribution in [1.29, 1.82) is 0 Å². The Kier molecular flexibility index (Phi) is 3.23. The summed E-state index contributed by atoms with van der Waals surface area (Å²) >= 11 is 0. The molecule has 0 amide bonds. The first-order chi connectivity index (χ1) is 3.68. The van der Waals surface area contributed by atoms with E-state index < -0.39 is 15.1 Å². The molecule has 0 aromatic heterocycles. The third kappa shape index (κ3) is 1.91. The second kappa shape index (κ2) is 3.19. The molecule has 0 fully saturated rings. The summed E-state index contributed by atoms with van der Waals surface area (Å²) in [7, 11) is 2.49. The monoisotopic (exact) mass is 135 g/mol. The Labute approximate surface area is 52.1 Å². The summed E-state index contributed by atoms with van der Waals surface area (Å²) in [6.07, 6.45) is 0. The Hall–Kier alpha value is 0.0969. The minimum absolute atomic E-state index is 0.458. The van der Waals surface area contributed by atoms with E-state index >= 15 is 0 Å². The summed E-state index contributed by atoms with van der Waals surface area (Å²) < 4.78 is 9.90. The lowest BCUT2D eigenvalue weighted by Crippen LogP contribution is -2.41. The van der Waals surface area contributed by atoms with Crippen molar-refractivity contribution in [3.63, 3.8) is 0 Å². The molecular weight excluding hydrogens is 122 g/mol. The quantitative estimate of drug-likeness (QED) is 0.398. The second-order valence-corrected chi connectivity index (χ2v) is 3.44. The van der Waals surface area contributed by atoms with Crippen molar-refractivity contribution in [3.8, 4) is 0 Å². The van der Waals surface area contributed by atoms with Gasteiger partial charge in [0.15, 0.2) is 15.1 Å². The van der Waals surface area contributed by atoms with Crippen LogP contribution in [0.4, 0.5) is 0 Å². The maximum Gasteiger partial charge on any atom is 0.160 e. The first kappa shape index (κ1) is 8.10. The Morgan fingerprint density at radius 3 is 1.75 bits per heavy atom. The SMILES string of the molecule is COC(C)(OC)[SiH2]N. The van der Waals surface area contributed by atoms with Crippen LogP contribution in [0.5, 0.6) is 0 Å². The zero-order valence-electron chi connectivity index (χ0n) is 5.60. The number of hydrogen-bond acceptors (Lipinski definition) is 3. The fraction of sp³-hybridized carbons (Fsp3) is 1.00. The van der Waals surface area contributed by atoms with Crippen LogP contribution in [-0.4, -0.2) is 29.3 Å². The highest BCUT2D eigenvalue weighted by Crippen LogP contribution is 2.03. The van der Waals surface area contributed by atoms with Gasteiger partial charge in [-0.2, -0.15) is 0 Å². The van der Waals surface area contributed by atoms with Crippen LogP contribution in [0.2, 0.25) is 0 Å². The number of rotatable bonds is 3. The van der Waals surface area contributed by atoms with Crippen LogP contribution in [0.25, 0.3) is 0 Å². The largest absolute Gasteiger partial charge is 0.356 e. The molecule has 0 bridgehead atoms. The fourth-order valence-corrected chi connectivity index (χ4v) is 0.583. The molecule has 50 valence electrons. The van der Waals surface area contributed by atoms with Crippen molar-refractivity contribution in [2.45, 2.75) is 12.3 Å². The summed E-state index contributed by atoms with van der Waals surface area (Å²) in [4.78, 5) is 0. The van der Waals surface area contributed by atoms with E-state index in [0.717, 1.165) is 0 Å². The molecule has 0 saturated carbocycles. The van der Waals surface area contributed by atoms with E-state index in [0.29, 0.717) is 0 Å². The fourth-order valence-electron chi connectivity index (χ4n) is 0.250. The van der Waals surface area contributed by atoms with Gasteiger partial charge in [-0.3, -0.25) is 0 Å². The lowest BCUT2D eigenvalue weighted by atomic mass is 10.7. The summed E-state index contributed by atoms with van der Waals surface area (Å²) in [5.74, 6) is 0. The van der Waals surface area contributed by atoms with Gasteiger partial charge in [0.2, 0.25) is 0 Å². The number of hydrogen-bond donors (Lipinski definition) is 1. The van der Waals surface area contributed by atoms with Crippen molar-refractivity contribution in [3.05, 3.63) is 0 Å². The van der Waals surface area contributed by atoms with Gasteiger partial charge < -0.3 is 14.9 Å². The van der Waals surface area contributed by atoms with E-state index in [4.69, 9.17) is 14.9 Å². The summed E-state index contributed by atoms with van der Waals surface area (Å²) in [6, 6.07) is 0. The lowest BCUT2D eigenvalue weighted by Gasteiger charge is -2.23. The standard InChI is InChI=1S/C4H13NO2Si/c1-4(6-2,7-3)8-5/h5,8H2,1-3H3. The highest BCUT2D eigenvalue weighted by Gasteiger charge is 2.19. The van der Waals surface area contributed by atoms with E-state index in [1.807, 2.05) is 6.92 Å². The summed E-state index contributed by atoms with van der Waals surface area (Å²) in [5.41, 5.74) is -0.458. The Morgan fingerprint density at radius 1 is 1.38 bits per heavy atom. The molecule has 0 aliphatic carbocycles. The van der Waals surface area contributed by atoms with Crippen molar-refractivity contribution in [1.82, 2.24) is 0 Å². The lowest BCUT2D eigenvalue weighted by molar-refractivity contribution is -0.130. The molecule has 0 unspecified atom stereocenters. The van der Waals surface area contributed by atoms with Gasteiger partial charge in [0, 0.05) is 14.2 Å². The number of methoxy groups -OCH3 is 2. The molecule has 0 aromatic rings. The van der Waals surface area contributed by atoms with Crippen molar-refractivity contribution in [2.24, 2.45) is 5.40 Å². The predicted molar refractivity (Wildman–Crippen MR) is 35.2 cm³/mol. The molecule has 2 N–H and O–H groups in total. The predicted octanol–water partition coefficient (Wildman–Crippen LogP) is -1.00. The van der Waals surface area contributed by atoms with Gasteiger partial charge >= 0.3 is 0 Å². The highest BCUT2D eigenvalue weighted by molar-refractivity contribution is 6.34. The van der Waals surface area contributed by atoms with Crippen LogP contribution in [0.3, 0.4) is 0 Å². The number of ether oxygens (including phenoxy) is 2. The molecule has 0 atom stereocenters. The van der Waals surface area contributed by atoms with Gasteiger partial charge in [0.25, 0.3) is 0 Å². The average Bonchev–Trinajstić information content (AvgIpc) is 1.87. The maximum absolute atomic E-state index is 5.42. The van der Waals surface area contributed by atoms with E-state index in [9.17, 15) is 0 Å². The molecule has 0 spiro atoms. The third-order valence-corrected chi connectivity index (χ3v) is 2.55. The van der Waals surface area contributed by atoms with Crippen LogP contribution in [-0.2, 0) is 9.47 Å². The van der Waals surface area contributed by atoms with Gasteiger partial charge in [0.05, 0.1) is 0 Å². The summed E-state index contributed by atoms with van der Waals surface area (Å²) in [6.45, 7) is 1.85. The van der Waals surface area contributed by atoms with Crippen molar-refractivity contribution in [2.75, 3.05) is 14.2 Å². The van der Waals surface area contributed by atoms with Crippen LogP contribution in [0.15, 0.2) is 0 Å². The van der Waals surface area contributed by atoms with Crippen LogP contribution in [0.1, 0.15) is 6.92 Å². The van der Waals surface area contributed by atoms with Gasteiger partial charge in [-0.25, -0.2) is 0 Å². The van der Waals surface area contributed by atoms with Crippen molar-refractivity contribution >= 4 is 9.68 Å². The second-order valence-electron chi connectivity index (χ2n) is 1.75. The van der Waals surface area contributed by atoms with Crippen LogP contribution >= 0.6 is 0 Å². The molecule has 4 heteroatoms. The van der Waals surface area contributed by atoms with Gasteiger partial charge in [-0.15, -0.1) is 0 Å². The summed E-state index contributed by atoms with van der Waals surface area (Å²) in [5, 5.41) is 5.42. The highest BCUT2D eigenvalue weighted by atomic mass is 28.2. The van der Waals surface area contributed by atoms with E-state index in [-0.39, 0.29) is 0 Å². The molecule has 8 heavy (non-hydrogen) atoms. The van der Waals surface area contributed by atoms with E-state index in [1.165, 1.54) is 0 Å². The average molecular weight is 135 g/mol. The Bertz CT molecular complexity index is 56.8. The van der Waals surface area contributed by atoms with E-state index in [1.54, 1.807) is 14.2 Å². The molecule has 0 heterocycles. The van der Waals surface area contributed by atoms with Crippen molar-refractivity contribution < 1.29 is 9.47 Å². The first-order valence-corrected chi connectivity index (χ1v) is 4.01. The first-order valence-electron chi connectivity index (χ1n) is 2.49. The normalized spacial score (nSPS) is 13.5. The molecule has 0 aromatic carbocycles.